The van der Waals surface area contributed by atoms with Crippen molar-refractivity contribution in [1.82, 2.24) is 0 Å². The number of hydrogen-bond acceptors (Lipinski definition) is 7. The summed E-state index contributed by atoms with van der Waals surface area (Å²) in [5.41, 5.74) is -0.435. The SMILES string of the molecule is CCCCCCCCCCCCC1(O)C=CC(=O)C(CCC(=O)CC2CC(O)C[C@@]3(CCC4(C=CC(=O)C=C4)O3)O2)=C1CCCCCCC. The van der Waals surface area contributed by atoms with Crippen molar-refractivity contribution in [3.63, 3.8) is 0 Å². The van der Waals surface area contributed by atoms with Crippen LogP contribution in [0.2, 0.25) is 0 Å². The Kier molecular flexibility index (Phi) is 15.7. The third kappa shape index (κ3) is 11.9. The molecule has 0 aromatic carbocycles. The molecule has 2 aliphatic heterocycles. The Hall–Kier alpha value is -2.19. The van der Waals surface area contributed by atoms with E-state index in [2.05, 4.69) is 13.8 Å². The number of aliphatic hydroxyl groups is 2. The molecule has 0 amide bonds. The first kappa shape index (κ1) is 39.6. The Morgan fingerprint density at radius 1 is 0.796 bits per heavy atom. The number of ketones is 3. The fourth-order valence-electron chi connectivity index (χ4n) is 8.23. The van der Waals surface area contributed by atoms with Crippen LogP contribution in [0.4, 0.5) is 0 Å². The first-order valence-electron chi connectivity index (χ1n) is 19.8. The van der Waals surface area contributed by atoms with E-state index >= 15 is 0 Å². The Morgan fingerprint density at radius 2 is 1.41 bits per heavy atom. The van der Waals surface area contributed by atoms with Crippen molar-refractivity contribution in [3.8, 4) is 0 Å². The maximum Gasteiger partial charge on any atom is 0.181 e. The number of allylic oxidation sites excluding steroid dienone is 4. The topological polar surface area (TPSA) is 110 Å². The van der Waals surface area contributed by atoms with Crippen LogP contribution < -0.4 is 0 Å². The van der Waals surface area contributed by atoms with Gasteiger partial charge in [-0.3, -0.25) is 14.4 Å². The molecule has 2 aliphatic carbocycles. The quantitative estimate of drug-likeness (QED) is 0.110. The summed E-state index contributed by atoms with van der Waals surface area (Å²) in [6.45, 7) is 4.44. The molecule has 2 saturated heterocycles. The summed E-state index contributed by atoms with van der Waals surface area (Å²) < 4.78 is 12.8. The molecular weight excluding hydrogens is 616 g/mol. The van der Waals surface area contributed by atoms with E-state index in [0.29, 0.717) is 50.5 Å². The Morgan fingerprint density at radius 3 is 2.06 bits per heavy atom. The lowest BCUT2D eigenvalue weighted by Gasteiger charge is -2.41. The molecule has 2 N–H and O–H groups in total. The molecule has 2 fully saturated rings. The molecule has 4 aliphatic rings. The van der Waals surface area contributed by atoms with Crippen LogP contribution in [-0.2, 0) is 23.9 Å². The molecule has 0 radical (unpaired) electrons. The van der Waals surface area contributed by atoms with Gasteiger partial charge in [-0.2, -0.15) is 0 Å². The molecule has 2 heterocycles. The highest BCUT2D eigenvalue weighted by molar-refractivity contribution is 6.06. The van der Waals surface area contributed by atoms with E-state index in [9.17, 15) is 24.6 Å². The zero-order chi connectivity index (χ0) is 35.2. The van der Waals surface area contributed by atoms with Gasteiger partial charge < -0.3 is 19.7 Å². The molecule has 0 bridgehead atoms. The predicted octanol–water partition coefficient (Wildman–Crippen LogP) is 9.04. The van der Waals surface area contributed by atoms with E-state index in [1.807, 2.05) is 0 Å². The second kappa shape index (κ2) is 19.4. The maximum atomic E-state index is 13.4. The maximum absolute atomic E-state index is 13.4. The van der Waals surface area contributed by atoms with Crippen molar-refractivity contribution in [2.24, 2.45) is 0 Å². The summed E-state index contributed by atoms with van der Waals surface area (Å²) in [5, 5.41) is 22.7. The average Bonchev–Trinajstić information content (AvgIpc) is 3.40. The smallest absolute Gasteiger partial charge is 0.181 e. The Bertz CT molecular complexity index is 1210. The van der Waals surface area contributed by atoms with Gasteiger partial charge in [0.2, 0.25) is 0 Å². The zero-order valence-electron chi connectivity index (χ0n) is 30.5. The number of Topliss-reactive ketones (excluding diaryl/α,β-unsaturated/α-hetero) is 1. The van der Waals surface area contributed by atoms with Gasteiger partial charge in [0.1, 0.15) is 17.0 Å². The van der Waals surface area contributed by atoms with E-state index in [1.165, 1.54) is 76.0 Å². The molecule has 7 nitrogen and oxygen atoms in total. The summed E-state index contributed by atoms with van der Waals surface area (Å²) in [6.07, 6.45) is 30.1. The molecule has 7 heteroatoms. The summed E-state index contributed by atoms with van der Waals surface area (Å²) >= 11 is 0. The van der Waals surface area contributed by atoms with Crippen LogP contribution in [-0.4, -0.2) is 56.8 Å². The van der Waals surface area contributed by atoms with Crippen molar-refractivity contribution in [1.29, 1.82) is 0 Å². The van der Waals surface area contributed by atoms with Crippen molar-refractivity contribution in [2.75, 3.05) is 0 Å². The molecule has 0 aromatic rings. The lowest BCUT2D eigenvalue weighted by atomic mass is 9.76. The second-order valence-electron chi connectivity index (χ2n) is 15.3. The van der Waals surface area contributed by atoms with Crippen molar-refractivity contribution < 1.29 is 34.1 Å². The van der Waals surface area contributed by atoms with Gasteiger partial charge in [0.25, 0.3) is 0 Å². The minimum absolute atomic E-state index is 0.0274. The molecule has 0 aromatic heterocycles. The third-order valence-electron chi connectivity index (χ3n) is 11.0. The van der Waals surface area contributed by atoms with Crippen LogP contribution in [0.5, 0.6) is 0 Å². The van der Waals surface area contributed by atoms with E-state index in [-0.39, 0.29) is 30.2 Å². The van der Waals surface area contributed by atoms with Gasteiger partial charge in [-0.05, 0) is 80.6 Å². The molecule has 4 atom stereocenters. The summed E-state index contributed by atoms with van der Waals surface area (Å²) in [4.78, 5) is 38.4. The lowest BCUT2D eigenvalue weighted by Crippen LogP contribution is -2.48. The normalized spacial score (nSPS) is 27.7. The average molecular weight is 681 g/mol. The van der Waals surface area contributed by atoms with Gasteiger partial charge in [-0.25, -0.2) is 0 Å². The van der Waals surface area contributed by atoms with E-state index in [0.717, 1.165) is 44.1 Å². The number of aliphatic hydroxyl groups excluding tert-OH is 1. The molecule has 0 saturated carbocycles. The number of unbranched alkanes of at least 4 members (excludes halogenated alkanes) is 13. The lowest BCUT2D eigenvalue weighted by molar-refractivity contribution is -0.290. The van der Waals surface area contributed by atoms with Crippen LogP contribution in [0, 0.1) is 0 Å². The fourth-order valence-corrected chi connectivity index (χ4v) is 8.23. The number of carbonyl (C=O) groups is 3. The fraction of sp³-hybridized carbons (Fsp3) is 0.738. The van der Waals surface area contributed by atoms with Crippen LogP contribution >= 0.6 is 0 Å². The predicted molar refractivity (Wildman–Crippen MR) is 194 cm³/mol. The number of hydrogen-bond donors (Lipinski definition) is 2. The van der Waals surface area contributed by atoms with Crippen LogP contribution in [0.1, 0.15) is 168 Å². The molecule has 49 heavy (non-hydrogen) atoms. The molecular formula is C42H64O7. The molecule has 2 spiro atoms. The van der Waals surface area contributed by atoms with E-state index in [4.69, 9.17) is 9.47 Å². The molecule has 3 unspecified atom stereocenters. The highest BCUT2D eigenvalue weighted by atomic mass is 16.7. The van der Waals surface area contributed by atoms with Crippen molar-refractivity contribution >= 4 is 17.3 Å². The van der Waals surface area contributed by atoms with Crippen LogP contribution in [0.3, 0.4) is 0 Å². The van der Waals surface area contributed by atoms with Gasteiger partial charge in [0.05, 0.1) is 12.2 Å². The van der Waals surface area contributed by atoms with Gasteiger partial charge in [0.15, 0.2) is 17.4 Å². The van der Waals surface area contributed by atoms with Gasteiger partial charge in [-0.1, -0.05) is 97.3 Å². The summed E-state index contributed by atoms with van der Waals surface area (Å²) in [7, 11) is 0. The number of ether oxygens (including phenoxy) is 2. The first-order valence-corrected chi connectivity index (χ1v) is 19.8. The second-order valence-corrected chi connectivity index (χ2v) is 15.3. The van der Waals surface area contributed by atoms with Crippen LogP contribution in [0.15, 0.2) is 47.6 Å². The zero-order valence-corrected chi connectivity index (χ0v) is 30.5. The largest absolute Gasteiger partial charge is 0.393 e. The summed E-state index contributed by atoms with van der Waals surface area (Å²) in [5.74, 6) is -1.20. The molecule has 4 rings (SSSR count). The minimum Gasteiger partial charge on any atom is -0.393 e. The van der Waals surface area contributed by atoms with Crippen LogP contribution in [0.25, 0.3) is 0 Å². The van der Waals surface area contributed by atoms with Gasteiger partial charge in [0, 0.05) is 37.7 Å². The standard InChI is InChI=1S/C42H64O7/c1-3-5-7-9-10-11-12-13-15-17-24-41(47)27-23-39(46)37(38(41)18-16-14-8-6-4-2)20-19-34(44)30-36-31-35(45)32-42(48-36)29-28-40(49-42)25-21-33(43)22-26-40/h21-23,25-27,35-36,45,47H,3-20,24,28-32H2,1-2H3/t35?,36?,41?,42-/m0/s1. The van der Waals surface area contributed by atoms with E-state index < -0.39 is 29.2 Å². The number of carbonyl (C=O) groups excluding carboxylic acids is 3. The first-order chi connectivity index (χ1) is 23.6. The van der Waals surface area contributed by atoms with Gasteiger partial charge >= 0.3 is 0 Å². The van der Waals surface area contributed by atoms with Crippen molar-refractivity contribution in [2.45, 2.75) is 197 Å². The Balaban J connectivity index is 1.33. The monoisotopic (exact) mass is 680 g/mol. The Labute approximate surface area is 295 Å². The summed E-state index contributed by atoms with van der Waals surface area (Å²) in [6, 6.07) is 0. The number of rotatable bonds is 22. The van der Waals surface area contributed by atoms with Gasteiger partial charge in [-0.15, -0.1) is 0 Å². The van der Waals surface area contributed by atoms with Crippen molar-refractivity contribution in [3.05, 3.63) is 47.6 Å². The molecule has 274 valence electrons. The highest BCUT2D eigenvalue weighted by Gasteiger charge is 2.52. The van der Waals surface area contributed by atoms with E-state index in [1.54, 1.807) is 18.2 Å². The third-order valence-corrected chi connectivity index (χ3v) is 11.0. The highest BCUT2D eigenvalue weighted by Crippen LogP contribution is 2.47. The minimum atomic E-state index is -1.14.